The van der Waals surface area contributed by atoms with E-state index in [1.54, 1.807) is 0 Å². The van der Waals surface area contributed by atoms with Crippen molar-refractivity contribution in [3.8, 4) is 11.5 Å². The van der Waals surface area contributed by atoms with Gasteiger partial charge in [0, 0.05) is 37.3 Å². The Morgan fingerprint density at radius 3 is 3.17 bits per heavy atom. The molecule has 5 nitrogen and oxygen atoms in total. The van der Waals surface area contributed by atoms with Crippen LogP contribution in [0.1, 0.15) is 35.8 Å². The first-order chi connectivity index (χ1) is 11.3. The monoisotopic (exact) mass is 313 g/mol. The predicted molar refractivity (Wildman–Crippen MR) is 88.1 cm³/mol. The minimum absolute atomic E-state index is 0.495. The number of para-hydroxylation sites is 1. The van der Waals surface area contributed by atoms with Crippen molar-refractivity contribution in [1.82, 2.24) is 14.9 Å². The van der Waals surface area contributed by atoms with Gasteiger partial charge in [0.2, 0.25) is 0 Å². The average Bonchev–Trinajstić information content (AvgIpc) is 2.96. The van der Waals surface area contributed by atoms with Gasteiger partial charge in [-0.3, -0.25) is 0 Å². The Morgan fingerprint density at radius 1 is 1.30 bits per heavy atom. The van der Waals surface area contributed by atoms with Crippen LogP contribution in [0.3, 0.4) is 0 Å². The fourth-order valence-electron chi connectivity index (χ4n) is 3.56. The molecule has 0 unspecified atom stereocenters. The van der Waals surface area contributed by atoms with E-state index in [4.69, 9.17) is 14.5 Å². The lowest BCUT2D eigenvalue weighted by atomic mass is 9.99. The van der Waals surface area contributed by atoms with Crippen molar-refractivity contribution < 1.29 is 9.47 Å². The van der Waals surface area contributed by atoms with Crippen LogP contribution < -0.4 is 14.8 Å². The molecule has 2 aliphatic heterocycles. The zero-order chi connectivity index (χ0) is 15.6. The maximum absolute atomic E-state index is 5.78. The Morgan fingerprint density at radius 2 is 2.22 bits per heavy atom. The molecule has 1 atom stereocenters. The molecule has 0 bridgehead atoms. The summed E-state index contributed by atoms with van der Waals surface area (Å²) in [6, 6.07) is 6.10. The first-order valence-electron chi connectivity index (χ1n) is 8.43. The largest absolute Gasteiger partial charge is 0.486 e. The van der Waals surface area contributed by atoms with Crippen LogP contribution >= 0.6 is 0 Å². The summed E-state index contributed by atoms with van der Waals surface area (Å²) in [6.07, 6.45) is 4.60. The highest BCUT2D eigenvalue weighted by molar-refractivity contribution is 5.47. The second-order valence-corrected chi connectivity index (χ2v) is 6.35. The third-order valence-corrected chi connectivity index (χ3v) is 4.60. The number of hydrogen-bond acceptors (Lipinski definition) is 4. The molecular formula is C18H23N3O2. The molecule has 23 heavy (non-hydrogen) atoms. The van der Waals surface area contributed by atoms with Gasteiger partial charge in [0.15, 0.2) is 11.5 Å². The Kier molecular flexibility index (Phi) is 3.95. The summed E-state index contributed by atoms with van der Waals surface area (Å²) in [5.74, 6) is 3.48. The molecule has 3 heterocycles. The van der Waals surface area contributed by atoms with Gasteiger partial charge in [0.1, 0.15) is 19.0 Å². The van der Waals surface area contributed by atoms with Crippen molar-refractivity contribution in [2.75, 3.05) is 19.8 Å². The molecule has 0 radical (unpaired) electrons. The number of imidazole rings is 1. The van der Waals surface area contributed by atoms with E-state index in [1.165, 1.54) is 18.7 Å². The lowest BCUT2D eigenvalue weighted by molar-refractivity contribution is 0.169. The van der Waals surface area contributed by atoms with Crippen molar-refractivity contribution in [2.45, 2.75) is 38.8 Å². The van der Waals surface area contributed by atoms with Gasteiger partial charge >= 0.3 is 0 Å². The fraction of sp³-hybridized carbons (Fsp3) is 0.500. The summed E-state index contributed by atoms with van der Waals surface area (Å²) in [5, 5.41) is 3.58. The molecule has 0 fully saturated rings. The summed E-state index contributed by atoms with van der Waals surface area (Å²) >= 11 is 0. The van der Waals surface area contributed by atoms with Crippen molar-refractivity contribution in [3.63, 3.8) is 0 Å². The van der Waals surface area contributed by atoms with Crippen molar-refractivity contribution in [2.24, 2.45) is 0 Å². The molecule has 1 N–H and O–H groups in total. The van der Waals surface area contributed by atoms with Gasteiger partial charge in [-0.05, 0) is 25.8 Å². The van der Waals surface area contributed by atoms with Crippen molar-refractivity contribution >= 4 is 0 Å². The molecule has 0 amide bonds. The highest BCUT2D eigenvalue weighted by atomic mass is 16.6. The molecule has 0 aliphatic carbocycles. The number of ether oxygens (including phenoxy) is 2. The summed E-state index contributed by atoms with van der Waals surface area (Å²) in [4.78, 5) is 4.71. The van der Waals surface area contributed by atoms with Gasteiger partial charge in [0.25, 0.3) is 0 Å². The first kappa shape index (κ1) is 14.6. The molecule has 0 saturated carbocycles. The molecule has 0 saturated heterocycles. The molecule has 2 aliphatic rings. The van der Waals surface area contributed by atoms with E-state index in [0.717, 1.165) is 42.4 Å². The van der Waals surface area contributed by atoms with E-state index in [1.807, 2.05) is 12.1 Å². The Labute approximate surface area is 136 Å². The summed E-state index contributed by atoms with van der Waals surface area (Å²) in [5.41, 5.74) is 2.28. The average molecular weight is 313 g/mol. The fourth-order valence-corrected chi connectivity index (χ4v) is 3.56. The quantitative estimate of drug-likeness (QED) is 0.943. The van der Waals surface area contributed by atoms with Gasteiger partial charge < -0.3 is 19.4 Å². The minimum atomic E-state index is 0.495. The van der Waals surface area contributed by atoms with E-state index in [2.05, 4.69) is 29.1 Å². The van der Waals surface area contributed by atoms with Gasteiger partial charge in [-0.15, -0.1) is 0 Å². The number of rotatable bonds is 4. The molecular weight excluding hydrogens is 290 g/mol. The maximum Gasteiger partial charge on any atom is 0.165 e. The summed E-state index contributed by atoms with van der Waals surface area (Å²) in [6.45, 7) is 6.18. The van der Waals surface area contributed by atoms with Gasteiger partial charge in [-0.1, -0.05) is 12.1 Å². The topological polar surface area (TPSA) is 48.3 Å². The summed E-state index contributed by atoms with van der Waals surface area (Å²) < 4.78 is 13.7. The number of fused-ring (bicyclic) bond motifs is 2. The van der Waals surface area contributed by atoms with Crippen LogP contribution in [-0.2, 0) is 13.1 Å². The number of nitrogens with zero attached hydrogens (tertiary/aromatic N) is 2. The second-order valence-electron chi connectivity index (χ2n) is 6.35. The number of nitrogens with one attached hydrogen (secondary N) is 1. The maximum atomic E-state index is 5.78. The van der Waals surface area contributed by atoms with E-state index < -0.39 is 0 Å². The number of benzene rings is 1. The van der Waals surface area contributed by atoms with Crippen LogP contribution in [0.25, 0.3) is 0 Å². The third-order valence-electron chi connectivity index (χ3n) is 4.60. The van der Waals surface area contributed by atoms with Crippen LogP contribution in [0.4, 0.5) is 0 Å². The van der Waals surface area contributed by atoms with Crippen LogP contribution in [0.2, 0.25) is 0 Å². The highest BCUT2D eigenvalue weighted by Gasteiger charge is 2.22. The molecule has 1 aromatic carbocycles. The molecule has 5 heteroatoms. The predicted octanol–water partition coefficient (Wildman–Crippen LogP) is 2.63. The molecule has 4 rings (SSSR count). The zero-order valence-electron chi connectivity index (χ0n) is 13.5. The number of aryl methyl sites for hydroxylation is 2. The van der Waals surface area contributed by atoms with E-state index in [0.29, 0.717) is 19.1 Å². The Hall–Kier alpha value is -2.01. The van der Waals surface area contributed by atoms with Crippen molar-refractivity contribution in [1.29, 1.82) is 0 Å². The van der Waals surface area contributed by atoms with Crippen LogP contribution in [-0.4, -0.2) is 29.3 Å². The number of aromatic nitrogens is 2. The zero-order valence-corrected chi connectivity index (χ0v) is 13.5. The van der Waals surface area contributed by atoms with E-state index in [9.17, 15) is 0 Å². The molecule has 0 spiro atoms. The third kappa shape index (κ3) is 2.93. The normalized spacial score (nSPS) is 19.4. The Balaban J connectivity index is 1.41. The molecule has 2 aromatic rings. The van der Waals surface area contributed by atoms with Gasteiger partial charge in [-0.2, -0.15) is 0 Å². The number of hydrogen-bond donors (Lipinski definition) is 1. The van der Waals surface area contributed by atoms with Crippen LogP contribution in [0.15, 0.2) is 24.4 Å². The van der Waals surface area contributed by atoms with Gasteiger partial charge in [-0.25, -0.2) is 4.98 Å². The van der Waals surface area contributed by atoms with Gasteiger partial charge in [0.05, 0.1) is 5.69 Å². The van der Waals surface area contributed by atoms with E-state index in [-0.39, 0.29) is 0 Å². The Bertz CT molecular complexity index is 696. The highest BCUT2D eigenvalue weighted by Crippen LogP contribution is 2.33. The lowest BCUT2D eigenvalue weighted by Gasteiger charge is -2.24. The summed E-state index contributed by atoms with van der Waals surface area (Å²) in [7, 11) is 0. The SMILES string of the molecule is Cc1cn2c(n1)[C@H](CNCc1cccc3c1OCCO3)CCC2. The standard InChI is InChI=1S/C18H23N3O2/c1-13-12-21-7-3-5-15(18(21)20-13)11-19-10-14-4-2-6-16-17(14)23-9-8-22-16/h2,4,6,12,15,19H,3,5,7-11H2,1H3/t15-/m0/s1. The smallest absolute Gasteiger partial charge is 0.165 e. The lowest BCUT2D eigenvalue weighted by Crippen LogP contribution is -2.27. The van der Waals surface area contributed by atoms with Crippen molar-refractivity contribution in [3.05, 3.63) is 41.5 Å². The van der Waals surface area contributed by atoms with E-state index >= 15 is 0 Å². The molecule has 1 aromatic heterocycles. The van der Waals surface area contributed by atoms with Crippen LogP contribution in [0, 0.1) is 6.92 Å². The second kappa shape index (κ2) is 6.24. The first-order valence-corrected chi connectivity index (χ1v) is 8.43. The van der Waals surface area contributed by atoms with Crippen LogP contribution in [0.5, 0.6) is 11.5 Å². The molecule has 122 valence electrons. The minimum Gasteiger partial charge on any atom is -0.486 e.